The van der Waals surface area contributed by atoms with E-state index in [1.54, 1.807) is 36.4 Å². The van der Waals surface area contributed by atoms with Gasteiger partial charge in [-0.3, -0.25) is 0 Å². The Morgan fingerprint density at radius 2 is 1.91 bits per heavy atom. The summed E-state index contributed by atoms with van der Waals surface area (Å²) in [6.45, 7) is 1.90. The summed E-state index contributed by atoms with van der Waals surface area (Å²) in [5.41, 5.74) is 1.72. The molecule has 22 heavy (non-hydrogen) atoms. The molecule has 0 aromatic heterocycles. The molecule has 0 spiro atoms. The van der Waals surface area contributed by atoms with E-state index in [0.717, 1.165) is 5.56 Å². The molecule has 1 atom stereocenters. The number of rotatable bonds is 3. The van der Waals surface area contributed by atoms with Gasteiger partial charge < -0.3 is 0 Å². The van der Waals surface area contributed by atoms with Crippen molar-refractivity contribution in [3.63, 3.8) is 0 Å². The van der Waals surface area contributed by atoms with Crippen molar-refractivity contribution in [2.24, 2.45) is 0 Å². The van der Waals surface area contributed by atoms with Crippen LogP contribution in [0.2, 0.25) is 0 Å². The number of halogens is 1. The van der Waals surface area contributed by atoms with Crippen molar-refractivity contribution in [2.45, 2.75) is 29.2 Å². The molecule has 1 aliphatic heterocycles. The summed E-state index contributed by atoms with van der Waals surface area (Å²) < 4.78 is 41.5. The van der Waals surface area contributed by atoms with Gasteiger partial charge >= 0.3 is 0 Å². The Kier molecular flexibility index (Phi) is 4.25. The quantitative estimate of drug-likeness (QED) is 0.930. The van der Waals surface area contributed by atoms with Gasteiger partial charge in [-0.1, -0.05) is 29.8 Å². The van der Waals surface area contributed by atoms with E-state index in [4.69, 9.17) is 0 Å². The second-order valence-electron chi connectivity index (χ2n) is 5.28. The fourth-order valence-corrected chi connectivity index (χ4v) is 4.87. The minimum absolute atomic E-state index is 0.231. The summed E-state index contributed by atoms with van der Waals surface area (Å²) in [7, 11) is -3.61. The summed E-state index contributed by atoms with van der Waals surface area (Å²) in [5, 5.41) is 0. The summed E-state index contributed by atoms with van der Waals surface area (Å²) in [6.07, 6.45) is 0.645. The third-order valence-corrected chi connectivity index (χ3v) is 6.30. The summed E-state index contributed by atoms with van der Waals surface area (Å²) in [4.78, 5) is 0.777. The zero-order chi connectivity index (χ0) is 15.7. The Bertz CT molecular complexity index is 788. The van der Waals surface area contributed by atoms with Crippen molar-refractivity contribution in [1.29, 1.82) is 0 Å². The maximum Gasteiger partial charge on any atom is 0.241 e. The van der Waals surface area contributed by atoms with Gasteiger partial charge in [0.15, 0.2) is 0 Å². The van der Waals surface area contributed by atoms with Gasteiger partial charge in [0.1, 0.15) is 5.82 Å². The second-order valence-corrected chi connectivity index (χ2v) is 8.10. The molecule has 3 nitrogen and oxygen atoms in total. The van der Waals surface area contributed by atoms with E-state index >= 15 is 0 Å². The van der Waals surface area contributed by atoms with Gasteiger partial charge in [-0.05, 0) is 42.9 Å². The van der Waals surface area contributed by atoms with Crippen LogP contribution >= 0.6 is 11.8 Å². The average Bonchev–Trinajstić information content (AvgIpc) is 2.48. The fourth-order valence-electron chi connectivity index (χ4n) is 2.48. The van der Waals surface area contributed by atoms with Gasteiger partial charge in [-0.15, -0.1) is 11.8 Å². The van der Waals surface area contributed by atoms with Crippen molar-refractivity contribution in [1.82, 2.24) is 4.72 Å². The van der Waals surface area contributed by atoms with Gasteiger partial charge in [0.05, 0.1) is 4.90 Å². The first-order valence-corrected chi connectivity index (χ1v) is 9.44. The molecule has 0 unspecified atom stereocenters. The zero-order valence-corrected chi connectivity index (χ0v) is 13.7. The van der Waals surface area contributed by atoms with Crippen LogP contribution in [-0.2, 0) is 10.0 Å². The Labute approximate surface area is 134 Å². The molecule has 2 aromatic rings. The van der Waals surface area contributed by atoms with Gasteiger partial charge in [0.25, 0.3) is 0 Å². The normalized spacial score (nSPS) is 18.0. The number of thioether (sulfide) groups is 1. The molecule has 0 radical (unpaired) electrons. The molecule has 3 rings (SSSR count). The van der Waals surface area contributed by atoms with E-state index in [2.05, 4.69) is 4.72 Å². The fraction of sp³-hybridized carbons (Fsp3) is 0.250. The van der Waals surface area contributed by atoms with Crippen LogP contribution < -0.4 is 4.72 Å². The molecule has 6 heteroatoms. The lowest BCUT2D eigenvalue weighted by molar-refractivity contribution is 0.533. The van der Waals surface area contributed by atoms with Crippen LogP contribution in [0.4, 0.5) is 4.39 Å². The average molecular weight is 337 g/mol. The highest BCUT2D eigenvalue weighted by Gasteiger charge is 2.27. The smallest absolute Gasteiger partial charge is 0.207 e. The Morgan fingerprint density at radius 3 is 2.64 bits per heavy atom. The van der Waals surface area contributed by atoms with Gasteiger partial charge in [-0.2, -0.15) is 0 Å². The molecular formula is C16H16FNO2S2. The largest absolute Gasteiger partial charge is 0.241 e. The van der Waals surface area contributed by atoms with E-state index in [-0.39, 0.29) is 10.7 Å². The third-order valence-electron chi connectivity index (χ3n) is 3.65. The highest BCUT2D eigenvalue weighted by Crippen LogP contribution is 2.38. The van der Waals surface area contributed by atoms with Crippen molar-refractivity contribution in [3.8, 4) is 0 Å². The van der Waals surface area contributed by atoms with Crippen LogP contribution in [0.5, 0.6) is 0 Å². The molecule has 0 saturated heterocycles. The predicted octanol–water partition coefficient (Wildman–Crippen LogP) is 3.65. The number of aryl methyl sites for hydroxylation is 1. The minimum Gasteiger partial charge on any atom is -0.207 e. The Hall–Kier alpha value is -1.37. The SMILES string of the molecule is Cc1ccc(S(=O)(=O)N[C@@H]2CCSc3c(F)cccc32)cc1. The van der Waals surface area contributed by atoms with Crippen LogP contribution in [0.1, 0.15) is 23.6 Å². The zero-order valence-electron chi connectivity index (χ0n) is 12.0. The molecular weight excluding hydrogens is 321 g/mol. The van der Waals surface area contributed by atoms with Crippen molar-refractivity contribution < 1.29 is 12.8 Å². The lowest BCUT2D eigenvalue weighted by Crippen LogP contribution is -2.31. The standard InChI is InChI=1S/C16H16FNO2S2/c1-11-5-7-12(8-6-11)22(19,20)18-15-9-10-21-16-13(15)3-2-4-14(16)17/h2-8,15,18H,9-10H2,1H3/t15-/m1/s1. The van der Waals surface area contributed by atoms with Crippen LogP contribution in [-0.4, -0.2) is 14.2 Å². The van der Waals surface area contributed by atoms with Gasteiger partial charge in [0, 0.05) is 10.9 Å². The highest BCUT2D eigenvalue weighted by molar-refractivity contribution is 7.99. The van der Waals surface area contributed by atoms with E-state index < -0.39 is 16.1 Å². The first-order valence-electron chi connectivity index (χ1n) is 6.97. The van der Waals surface area contributed by atoms with Crippen LogP contribution in [0, 0.1) is 12.7 Å². The van der Waals surface area contributed by atoms with E-state index in [1.807, 2.05) is 6.92 Å². The maximum atomic E-state index is 13.8. The molecule has 1 heterocycles. The van der Waals surface area contributed by atoms with Crippen LogP contribution in [0.25, 0.3) is 0 Å². The van der Waals surface area contributed by atoms with E-state index in [1.165, 1.54) is 17.8 Å². The monoisotopic (exact) mass is 337 g/mol. The third kappa shape index (κ3) is 3.04. The molecule has 0 bridgehead atoms. The number of nitrogens with one attached hydrogen (secondary N) is 1. The van der Waals surface area contributed by atoms with Gasteiger partial charge in [0.2, 0.25) is 10.0 Å². The minimum atomic E-state index is -3.61. The number of fused-ring (bicyclic) bond motifs is 1. The van der Waals surface area contributed by atoms with Crippen molar-refractivity contribution >= 4 is 21.8 Å². The molecule has 0 aliphatic carbocycles. The summed E-state index contributed by atoms with van der Waals surface area (Å²) >= 11 is 1.43. The summed E-state index contributed by atoms with van der Waals surface area (Å²) in [5.74, 6) is 0.399. The number of benzene rings is 2. The molecule has 116 valence electrons. The van der Waals surface area contributed by atoms with Gasteiger partial charge in [-0.25, -0.2) is 17.5 Å². The maximum absolute atomic E-state index is 13.8. The molecule has 0 fully saturated rings. The molecule has 0 saturated carbocycles. The Balaban J connectivity index is 1.91. The predicted molar refractivity (Wildman–Crippen MR) is 86.0 cm³/mol. The number of hydrogen-bond donors (Lipinski definition) is 1. The second kappa shape index (κ2) is 6.02. The van der Waals surface area contributed by atoms with Crippen molar-refractivity contribution in [3.05, 3.63) is 59.4 Å². The molecule has 1 aliphatic rings. The first-order chi connectivity index (χ1) is 10.5. The topological polar surface area (TPSA) is 46.2 Å². The van der Waals surface area contributed by atoms with Crippen molar-refractivity contribution in [2.75, 3.05) is 5.75 Å². The summed E-state index contributed by atoms with van der Waals surface area (Å²) in [6, 6.07) is 11.1. The lowest BCUT2D eigenvalue weighted by atomic mass is 10.0. The van der Waals surface area contributed by atoms with E-state index in [0.29, 0.717) is 22.6 Å². The van der Waals surface area contributed by atoms with Crippen LogP contribution in [0.3, 0.4) is 0 Å². The number of sulfonamides is 1. The molecule has 1 N–H and O–H groups in total. The molecule has 0 amide bonds. The highest BCUT2D eigenvalue weighted by atomic mass is 32.2. The molecule has 2 aromatic carbocycles. The number of hydrogen-bond acceptors (Lipinski definition) is 3. The lowest BCUT2D eigenvalue weighted by Gasteiger charge is -2.26. The van der Waals surface area contributed by atoms with E-state index in [9.17, 15) is 12.8 Å². The van der Waals surface area contributed by atoms with Crippen LogP contribution in [0.15, 0.2) is 52.3 Å². The Morgan fingerprint density at radius 1 is 1.18 bits per heavy atom. The first kappa shape index (κ1) is 15.5.